The highest BCUT2D eigenvalue weighted by molar-refractivity contribution is 6.32. The molecule has 6 nitrogen and oxygen atoms in total. The Morgan fingerprint density at radius 3 is 2.25 bits per heavy atom. The van der Waals surface area contributed by atoms with E-state index in [9.17, 15) is 44.7 Å². The van der Waals surface area contributed by atoms with Crippen molar-refractivity contribution in [3.63, 3.8) is 0 Å². The number of carbonyl (C=O) groups is 2. The van der Waals surface area contributed by atoms with Crippen molar-refractivity contribution < 1.29 is 58.3 Å². The summed E-state index contributed by atoms with van der Waals surface area (Å²) in [4.78, 5) is 23.9. The lowest BCUT2D eigenvalue weighted by Crippen LogP contribution is -2.41. The molecule has 0 aromatic heterocycles. The number of amides is 3. The molecule has 1 unspecified atom stereocenters. The second-order valence-electron chi connectivity index (χ2n) is 5.44. The number of nitrogens with one attached hydrogen (secondary N) is 2. The molecule has 0 aliphatic heterocycles. The van der Waals surface area contributed by atoms with Crippen molar-refractivity contribution in [2.24, 2.45) is 0 Å². The summed E-state index contributed by atoms with van der Waals surface area (Å²) in [5.41, 5.74) is -2.19. The number of rotatable bonds is 6. The van der Waals surface area contributed by atoms with Gasteiger partial charge in [0.25, 0.3) is 5.91 Å². The molecule has 0 fully saturated rings. The minimum atomic E-state index is -5.84. The van der Waals surface area contributed by atoms with Crippen LogP contribution < -0.4 is 15.4 Å². The van der Waals surface area contributed by atoms with E-state index in [0.29, 0.717) is 12.1 Å². The summed E-state index contributed by atoms with van der Waals surface area (Å²) >= 11 is 5.57. The van der Waals surface area contributed by atoms with Gasteiger partial charge in [0.05, 0.1) is 9.13 Å². The molecule has 15 heteroatoms. The number of hydrogen-bond donors (Lipinski definition) is 2. The van der Waals surface area contributed by atoms with Crippen molar-refractivity contribution in [3.8, 4) is 5.75 Å². The summed E-state index contributed by atoms with van der Waals surface area (Å²) in [5.74, 6) is -5.92. The first-order valence-corrected chi connectivity index (χ1v) is 8.15. The van der Waals surface area contributed by atoms with E-state index in [-0.39, 0.29) is 0 Å². The molecule has 3 amide bonds. The van der Waals surface area contributed by atoms with E-state index in [2.05, 4.69) is 9.47 Å². The fourth-order valence-corrected chi connectivity index (χ4v) is 2.08. The van der Waals surface area contributed by atoms with Gasteiger partial charge in [-0.3, -0.25) is 10.1 Å². The van der Waals surface area contributed by atoms with Crippen molar-refractivity contribution in [3.05, 3.63) is 58.5 Å². The van der Waals surface area contributed by atoms with Gasteiger partial charge in [-0.15, -0.1) is 13.2 Å². The molecular formula is C17H9ClF8N2O4. The first kappa shape index (κ1) is 20.8. The topological polar surface area (TPSA) is 76.7 Å². The number of urea groups is 1. The molecule has 0 heterocycles. The number of imide groups is 1. The Hall–Kier alpha value is -3.13. The van der Waals surface area contributed by atoms with E-state index >= 15 is 0 Å². The lowest BCUT2D eigenvalue weighted by atomic mass is 10.2. The summed E-state index contributed by atoms with van der Waals surface area (Å²) < 4.78 is 133. The van der Waals surface area contributed by atoms with E-state index in [1.807, 2.05) is 0 Å². The molecular weight excluding hydrogens is 484 g/mol. The van der Waals surface area contributed by atoms with Crippen LogP contribution in [0.4, 0.5) is 45.6 Å². The largest absolute Gasteiger partial charge is 0.525 e. The third-order valence-electron chi connectivity index (χ3n) is 3.13. The maximum Gasteiger partial charge on any atom is 0.525 e. The van der Waals surface area contributed by atoms with Gasteiger partial charge in [0.2, 0.25) is 0 Å². The van der Waals surface area contributed by atoms with Gasteiger partial charge in [0.15, 0.2) is 0 Å². The summed E-state index contributed by atoms with van der Waals surface area (Å²) in [7, 11) is 0. The van der Waals surface area contributed by atoms with Crippen LogP contribution in [0.25, 0.3) is 0 Å². The van der Waals surface area contributed by atoms with Crippen molar-refractivity contribution in [1.82, 2.24) is 5.32 Å². The van der Waals surface area contributed by atoms with Crippen LogP contribution in [0.1, 0.15) is 14.5 Å². The average Bonchev–Trinajstić information content (AvgIpc) is 2.71. The maximum atomic E-state index is 13.7. The van der Waals surface area contributed by atoms with Crippen LogP contribution in [0.3, 0.4) is 0 Å². The predicted octanol–water partition coefficient (Wildman–Crippen LogP) is 5.38. The minimum Gasteiger partial charge on any atom is -0.427 e. The molecule has 2 rings (SSSR count). The maximum absolute atomic E-state index is 13.7. The van der Waals surface area contributed by atoms with Crippen molar-refractivity contribution in [1.29, 1.82) is 0 Å². The van der Waals surface area contributed by atoms with Gasteiger partial charge < -0.3 is 10.1 Å². The van der Waals surface area contributed by atoms with Crippen molar-refractivity contribution in [2.75, 3.05) is 5.32 Å². The molecule has 0 bridgehead atoms. The van der Waals surface area contributed by atoms with Crippen LogP contribution in [-0.2, 0) is 4.74 Å². The smallest absolute Gasteiger partial charge is 0.427 e. The highest BCUT2D eigenvalue weighted by atomic mass is 35.5. The summed E-state index contributed by atoms with van der Waals surface area (Å²) in [5, 5.41) is 1.82. The van der Waals surface area contributed by atoms with Crippen LogP contribution in [-0.4, -0.2) is 30.8 Å². The standard InChI is InChI=1S/C17H9ClF8N2O4/c18-8-6-7(4-5-11(8)31-16(22,23)14(21)32-17(24,25)26)27-15(30)28-13(29)12-9(19)2-1-3-10(12)20/h1-6,14H,(H2,27,28,29,30)/i4D,5D,6D. The Labute approximate surface area is 182 Å². The van der Waals surface area contributed by atoms with E-state index in [1.54, 1.807) is 5.32 Å². The van der Waals surface area contributed by atoms with Crippen LogP contribution in [0, 0.1) is 11.6 Å². The zero-order valence-corrected chi connectivity index (χ0v) is 15.6. The molecule has 0 spiro atoms. The van der Waals surface area contributed by atoms with Crippen molar-refractivity contribution >= 4 is 29.2 Å². The normalized spacial score (nSPS) is 14.1. The second kappa shape index (κ2) is 9.56. The van der Waals surface area contributed by atoms with Gasteiger partial charge >= 0.3 is 24.9 Å². The Morgan fingerprint density at radius 1 is 1.09 bits per heavy atom. The van der Waals surface area contributed by atoms with Gasteiger partial charge in [-0.25, -0.2) is 22.7 Å². The van der Waals surface area contributed by atoms with Gasteiger partial charge in [-0.2, -0.15) is 8.78 Å². The highest BCUT2D eigenvalue weighted by Crippen LogP contribution is 2.35. The summed E-state index contributed by atoms with van der Waals surface area (Å²) in [6.07, 6.45) is -15.7. The Bertz CT molecular complexity index is 1120. The predicted molar refractivity (Wildman–Crippen MR) is 91.9 cm³/mol. The number of benzene rings is 2. The lowest BCUT2D eigenvalue weighted by Gasteiger charge is -2.22. The molecule has 2 aromatic rings. The zero-order valence-electron chi connectivity index (χ0n) is 17.8. The van der Waals surface area contributed by atoms with Gasteiger partial charge in [0, 0.05) is 5.69 Å². The Balaban J connectivity index is 2.30. The van der Waals surface area contributed by atoms with Crippen molar-refractivity contribution in [2.45, 2.75) is 18.8 Å². The first-order chi connectivity index (χ1) is 16.0. The molecule has 2 N–H and O–H groups in total. The van der Waals surface area contributed by atoms with E-state index in [0.717, 1.165) is 6.07 Å². The van der Waals surface area contributed by atoms with Crippen LogP contribution in [0.2, 0.25) is 5.02 Å². The number of hydrogen-bond acceptors (Lipinski definition) is 4. The minimum absolute atomic E-state index is 0.697. The Kier molecular flexibility index (Phi) is 6.20. The summed E-state index contributed by atoms with van der Waals surface area (Å²) in [6, 6.07) is -3.28. The second-order valence-corrected chi connectivity index (χ2v) is 5.82. The van der Waals surface area contributed by atoms with E-state index in [4.69, 9.17) is 15.7 Å². The molecule has 0 radical (unpaired) electrons. The SMILES string of the molecule is [2H]c1c([2H])c(OC(F)(F)C(F)OC(F)(F)F)c(Cl)c([2H])c1NC(=O)NC(=O)c1c(F)cccc1F. The highest BCUT2D eigenvalue weighted by Gasteiger charge is 2.50. The fraction of sp³-hybridized carbons (Fsp3) is 0.176. The van der Waals surface area contributed by atoms with Crippen LogP contribution >= 0.6 is 11.6 Å². The van der Waals surface area contributed by atoms with Gasteiger partial charge in [-0.05, 0) is 30.3 Å². The number of carbonyl (C=O) groups excluding carboxylic acids is 2. The third-order valence-corrected chi connectivity index (χ3v) is 3.40. The van der Waals surface area contributed by atoms with Crippen LogP contribution in [0.15, 0.2) is 36.3 Å². The molecule has 1 atom stereocenters. The lowest BCUT2D eigenvalue weighted by molar-refractivity contribution is -0.411. The number of anilines is 1. The van der Waals surface area contributed by atoms with E-state index < -0.39 is 82.6 Å². The fourth-order valence-electron chi connectivity index (χ4n) is 1.90. The third kappa shape index (κ3) is 6.68. The number of halogens is 9. The van der Waals surface area contributed by atoms with Gasteiger partial charge in [-0.1, -0.05) is 17.7 Å². The molecule has 32 heavy (non-hydrogen) atoms. The Morgan fingerprint density at radius 2 is 1.69 bits per heavy atom. The average molecular weight is 496 g/mol. The monoisotopic (exact) mass is 495 g/mol. The number of ether oxygens (including phenoxy) is 2. The molecule has 2 aromatic carbocycles. The summed E-state index contributed by atoms with van der Waals surface area (Å²) in [6.45, 7) is 0. The molecule has 174 valence electrons. The van der Waals surface area contributed by atoms with Crippen LogP contribution in [0.5, 0.6) is 5.75 Å². The number of alkyl halides is 6. The molecule has 0 saturated heterocycles. The van der Waals surface area contributed by atoms with Gasteiger partial charge in [0.1, 0.15) is 22.9 Å². The quantitative estimate of drug-likeness (QED) is 0.527. The van der Waals surface area contributed by atoms with E-state index in [1.165, 1.54) is 5.32 Å². The first-order valence-electron chi connectivity index (χ1n) is 9.27. The zero-order chi connectivity index (χ0) is 26.9. The molecule has 0 aliphatic rings. The molecule has 0 aliphatic carbocycles. The molecule has 0 saturated carbocycles.